The monoisotopic (exact) mass is 705 g/mol. The van der Waals surface area contributed by atoms with E-state index in [0.717, 1.165) is 30.0 Å². The van der Waals surface area contributed by atoms with Crippen molar-refractivity contribution >= 4 is 81.7 Å². The Kier molecular flexibility index (Phi) is 11.8. The molecule has 13 heteroatoms. The Bertz CT molecular complexity index is 1790. The van der Waals surface area contributed by atoms with Gasteiger partial charge in [-0.25, -0.2) is 0 Å². The molecule has 0 aliphatic heterocycles. The van der Waals surface area contributed by atoms with Gasteiger partial charge in [-0.15, -0.1) is 11.8 Å². The number of amides is 3. The molecule has 3 N–H and O–H groups in total. The van der Waals surface area contributed by atoms with Gasteiger partial charge < -0.3 is 16.0 Å². The first-order chi connectivity index (χ1) is 21.8. The third-order valence-electron chi connectivity index (χ3n) is 6.40. The number of halogens is 6. The molecule has 4 aromatic carbocycles. The van der Waals surface area contributed by atoms with Gasteiger partial charge in [0, 0.05) is 16.1 Å². The lowest BCUT2D eigenvalue weighted by Gasteiger charge is -2.17. The van der Waals surface area contributed by atoms with Crippen LogP contribution in [0.2, 0.25) is 15.1 Å². The molecule has 1 unspecified atom stereocenters. The second-order valence-corrected chi connectivity index (χ2v) is 12.2. The van der Waals surface area contributed by atoms with Crippen LogP contribution >= 0.6 is 46.6 Å². The maximum Gasteiger partial charge on any atom is 0.416 e. The number of rotatable bonds is 10. The highest BCUT2D eigenvalue weighted by Crippen LogP contribution is 2.35. The Morgan fingerprint density at radius 2 is 1.57 bits per heavy atom. The van der Waals surface area contributed by atoms with Crippen LogP contribution in [0.25, 0.3) is 6.08 Å². The van der Waals surface area contributed by atoms with Crippen LogP contribution in [0.15, 0.2) is 102 Å². The van der Waals surface area contributed by atoms with Crippen molar-refractivity contribution in [3.63, 3.8) is 0 Å². The minimum atomic E-state index is -4.60. The molecule has 6 nitrogen and oxygen atoms in total. The number of benzene rings is 4. The van der Waals surface area contributed by atoms with Gasteiger partial charge in [0.1, 0.15) is 5.70 Å². The minimum absolute atomic E-state index is 0.0341. The van der Waals surface area contributed by atoms with Crippen LogP contribution in [-0.2, 0) is 15.8 Å². The molecule has 0 bridgehead atoms. The van der Waals surface area contributed by atoms with Crippen molar-refractivity contribution < 1.29 is 27.6 Å². The molecule has 4 aromatic rings. The largest absolute Gasteiger partial charge is 0.416 e. The molecule has 0 aliphatic rings. The summed E-state index contributed by atoms with van der Waals surface area (Å²) in [5.41, 5.74) is -0.134. The summed E-state index contributed by atoms with van der Waals surface area (Å²) in [6.45, 7) is 1.75. The summed E-state index contributed by atoms with van der Waals surface area (Å²) in [6, 6.07) is 22.5. The van der Waals surface area contributed by atoms with Crippen LogP contribution in [0.3, 0.4) is 0 Å². The van der Waals surface area contributed by atoms with Crippen LogP contribution in [0.1, 0.15) is 34.8 Å². The molecular weight excluding hydrogens is 682 g/mol. The number of nitrogens with one attached hydrogen (secondary N) is 3. The maximum absolute atomic E-state index is 13.5. The van der Waals surface area contributed by atoms with Gasteiger partial charge in [0.05, 0.1) is 31.6 Å². The SMILES string of the molecule is CCC(Sc1cccc(NC(=O)/C(=C\c2cccc(Cl)c2Cl)NC(=O)c2ccccc2)c1)C(=O)Nc1cc(C(F)(F)F)ccc1Cl. The Morgan fingerprint density at radius 1 is 0.848 bits per heavy atom. The Balaban J connectivity index is 1.53. The summed E-state index contributed by atoms with van der Waals surface area (Å²) in [7, 11) is 0. The summed E-state index contributed by atoms with van der Waals surface area (Å²) in [4.78, 5) is 40.1. The zero-order valence-electron chi connectivity index (χ0n) is 23.9. The van der Waals surface area contributed by atoms with Crippen molar-refractivity contribution in [2.24, 2.45) is 0 Å². The van der Waals surface area contributed by atoms with E-state index in [2.05, 4.69) is 16.0 Å². The second kappa shape index (κ2) is 15.6. The molecule has 0 spiro atoms. The lowest BCUT2D eigenvalue weighted by molar-refractivity contribution is -0.137. The smallest absolute Gasteiger partial charge is 0.324 e. The molecule has 0 saturated carbocycles. The van der Waals surface area contributed by atoms with Crippen molar-refractivity contribution in [1.29, 1.82) is 0 Å². The fraction of sp³-hybridized carbons (Fsp3) is 0.121. The number of carbonyl (C=O) groups excluding carboxylic acids is 3. The highest BCUT2D eigenvalue weighted by molar-refractivity contribution is 8.00. The van der Waals surface area contributed by atoms with E-state index < -0.39 is 34.7 Å². The van der Waals surface area contributed by atoms with E-state index >= 15 is 0 Å². The summed E-state index contributed by atoms with van der Waals surface area (Å²) in [5, 5.41) is 7.58. The summed E-state index contributed by atoms with van der Waals surface area (Å²) in [6.07, 6.45) is -2.87. The number of thioether (sulfide) groups is 1. The molecule has 0 heterocycles. The molecule has 0 saturated heterocycles. The standard InChI is InChI=1S/C33H25Cl3F3N3O3S/c1-2-28(32(45)41-26-17-21(33(37,38)39)14-15-24(26)34)46-23-12-7-11-22(18-23)40-31(44)27(16-20-10-6-13-25(35)29(20)36)42-30(43)19-8-4-3-5-9-19/h3-18,28H,2H2,1H3,(H,40,44)(H,41,45)(H,42,43)/b27-16+. The predicted molar refractivity (Wildman–Crippen MR) is 178 cm³/mol. The molecule has 46 heavy (non-hydrogen) atoms. The molecular formula is C33H25Cl3F3N3O3S. The van der Waals surface area contributed by atoms with Crippen molar-refractivity contribution in [2.75, 3.05) is 10.6 Å². The van der Waals surface area contributed by atoms with Crippen molar-refractivity contribution in [3.8, 4) is 0 Å². The highest BCUT2D eigenvalue weighted by Gasteiger charge is 2.31. The number of hydrogen-bond donors (Lipinski definition) is 3. The van der Waals surface area contributed by atoms with Crippen molar-refractivity contribution in [1.82, 2.24) is 5.32 Å². The Labute approximate surface area is 282 Å². The van der Waals surface area contributed by atoms with Gasteiger partial charge in [-0.05, 0) is 72.7 Å². The van der Waals surface area contributed by atoms with E-state index in [4.69, 9.17) is 34.8 Å². The average Bonchev–Trinajstić information content (AvgIpc) is 3.02. The van der Waals surface area contributed by atoms with E-state index in [1.165, 1.54) is 6.08 Å². The van der Waals surface area contributed by atoms with Crippen LogP contribution in [0, 0.1) is 0 Å². The van der Waals surface area contributed by atoms with E-state index in [9.17, 15) is 27.6 Å². The average molecular weight is 707 g/mol. The van der Waals surface area contributed by atoms with Crippen molar-refractivity contribution in [3.05, 3.63) is 128 Å². The summed E-state index contributed by atoms with van der Waals surface area (Å²) in [5.74, 6) is -1.73. The fourth-order valence-electron chi connectivity index (χ4n) is 4.07. The Morgan fingerprint density at radius 3 is 2.26 bits per heavy atom. The van der Waals surface area contributed by atoms with Crippen LogP contribution in [-0.4, -0.2) is 23.0 Å². The van der Waals surface area contributed by atoms with Gasteiger partial charge in [-0.2, -0.15) is 13.2 Å². The molecule has 0 aromatic heterocycles. The first kappa shape index (κ1) is 34.9. The van der Waals surface area contributed by atoms with Crippen LogP contribution in [0.4, 0.5) is 24.5 Å². The predicted octanol–water partition coefficient (Wildman–Crippen LogP) is 9.58. The van der Waals surface area contributed by atoms with Crippen LogP contribution in [0.5, 0.6) is 0 Å². The summed E-state index contributed by atoms with van der Waals surface area (Å²) >= 11 is 19.7. The van der Waals surface area contributed by atoms with Gasteiger partial charge in [0.15, 0.2) is 0 Å². The van der Waals surface area contributed by atoms with Gasteiger partial charge in [0.2, 0.25) is 5.91 Å². The van der Waals surface area contributed by atoms with Gasteiger partial charge in [-0.3, -0.25) is 14.4 Å². The maximum atomic E-state index is 13.5. The van der Waals surface area contributed by atoms with E-state index in [0.29, 0.717) is 28.1 Å². The Hall–Kier alpha value is -3.96. The minimum Gasteiger partial charge on any atom is -0.324 e. The number of anilines is 2. The van der Waals surface area contributed by atoms with Crippen LogP contribution < -0.4 is 16.0 Å². The second-order valence-electron chi connectivity index (χ2n) is 9.70. The molecule has 4 rings (SSSR count). The topological polar surface area (TPSA) is 87.3 Å². The number of alkyl halides is 3. The molecule has 3 amide bonds. The van der Waals surface area contributed by atoms with Gasteiger partial charge >= 0.3 is 6.18 Å². The summed E-state index contributed by atoms with van der Waals surface area (Å²) < 4.78 is 39.6. The third-order valence-corrected chi connectivity index (χ3v) is 8.92. The van der Waals surface area contributed by atoms with E-state index in [1.54, 1.807) is 79.7 Å². The normalized spacial score (nSPS) is 12.3. The fourth-order valence-corrected chi connectivity index (χ4v) is 5.61. The van der Waals surface area contributed by atoms with E-state index in [1.807, 2.05) is 0 Å². The highest BCUT2D eigenvalue weighted by atomic mass is 35.5. The molecule has 238 valence electrons. The number of hydrogen-bond acceptors (Lipinski definition) is 4. The zero-order chi connectivity index (χ0) is 33.4. The lowest BCUT2D eigenvalue weighted by Crippen LogP contribution is -2.30. The molecule has 0 fully saturated rings. The molecule has 0 aliphatic carbocycles. The first-order valence-corrected chi connectivity index (χ1v) is 15.6. The quantitative estimate of drug-likeness (QED) is 0.113. The first-order valence-electron chi connectivity index (χ1n) is 13.6. The zero-order valence-corrected chi connectivity index (χ0v) is 27.0. The van der Waals surface area contributed by atoms with Crippen molar-refractivity contribution in [2.45, 2.75) is 29.7 Å². The van der Waals surface area contributed by atoms with Gasteiger partial charge in [-0.1, -0.05) is 78.1 Å². The number of carbonyl (C=O) groups is 3. The van der Waals surface area contributed by atoms with E-state index in [-0.39, 0.29) is 26.5 Å². The molecule has 1 atom stereocenters. The van der Waals surface area contributed by atoms with Gasteiger partial charge in [0.25, 0.3) is 11.8 Å². The molecule has 0 radical (unpaired) electrons. The third kappa shape index (κ3) is 9.29. The lowest BCUT2D eigenvalue weighted by atomic mass is 10.1.